The summed E-state index contributed by atoms with van der Waals surface area (Å²) in [6.45, 7) is 9.95. The van der Waals surface area contributed by atoms with E-state index in [0.29, 0.717) is 5.92 Å². The van der Waals surface area contributed by atoms with E-state index >= 15 is 0 Å². The third-order valence-corrected chi connectivity index (χ3v) is 7.38. The molecule has 144 valence electrons. The number of esters is 1. The molecule has 3 aliphatic rings. The lowest BCUT2D eigenvalue weighted by atomic mass is 9.46. The van der Waals surface area contributed by atoms with E-state index in [-0.39, 0.29) is 29.3 Å². The second-order valence-corrected chi connectivity index (χ2v) is 9.26. The molecular formula is C22H32O4. The maximum Gasteiger partial charge on any atom is 0.309 e. The molecule has 1 saturated carbocycles. The van der Waals surface area contributed by atoms with Crippen LogP contribution in [0.5, 0.6) is 0 Å². The first-order valence-corrected chi connectivity index (χ1v) is 9.91. The Bertz CT molecular complexity index is 674. The molecule has 0 amide bonds. The molecule has 5 atom stereocenters. The fourth-order valence-electron chi connectivity index (χ4n) is 5.95. The van der Waals surface area contributed by atoms with Crippen LogP contribution in [-0.2, 0) is 14.3 Å². The number of carbonyl (C=O) groups is 2. The zero-order valence-corrected chi connectivity index (χ0v) is 16.7. The maximum absolute atomic E-state index is 12.1. The minimum Gasteiger partial charge on any atom is -0.481 e. The van der Waals surface area contributed by atoms with Crippen LogP contribution in [0.2, 0.25) is 0 Å². The first-order valence-electron chi connectivity index (χ1n) is 9.91. The quantitative estimate of drug-likeness (QED) is 0.738. The van der Waals surface area contributed by atoms with Gasteiger partial charge in [-0.3, -0.25) is 9.59 Å². The Hall–Kier alpha value is -1.58. The van der Waals surface area contributed by atoms with Gasteiger partial charge in [-0.2, -0.15) is 0 Å². The van der Waals surface area contributed by atoms with Crippen LogP contribution < -0.4 is 0 Å². The largest absolute Gasteiger partial charge is 0.481 e. The van der Waals surface area contributed by atoms with E-state index in [0.717, 1.165) is 32.1 Å². The van der Waals surface area contributed by atoms with E-state index in [1.54, 1.807) is 0 Å². The number of allylic oxidation sites excluding steroid dienone is 3. The highest BCUT2D eigenvalue weighted by Gasteiger charge is 2.58. The number of hydrogen-bond donors (Lipinski definition) is 1. The summed E-state index contributed by atoms with van der Waals surface area (Å²) in [4.78, 5) is 23.7. The molecular weight excluding hydrogens is 328 g/mol. The molecule has 4 heteroatoms. The van der Waals surface area contributed by atoms with E-state index in [1.807, 2.05) is 6.92 Å². The Morgan fingerprint density at radius 3 is 2.54 bits per heavy atom. The van der Waals surface area contributed by atoms with Crippen molar-refractivity contribution in [3.8, 4) is 0 Å². The lowest BCUT2D eigenvalue weighted by Gasteiger charge is -2.57. The number of hydrogen-bond acceptors (Lipinski definition) is 3. The van der Waals surface area contributed by atoms with Crippen molar-refractivity contribution in [1.82, 2.24) is 0 Å². The monoisotopic (exact) mass is 360 g/mol. The van der Waals surface area contributed by atoms with E-state index in [1.165, 1.54) is 18.1 Å². The molecule has 0 aromatic carbocycles. The molecule has 0 bridgehead atoms. The minimum absolute atomic E-state index is 0.0626. The summed E-state index contributed by atoms with van der Waals surface area (Å²) < 4.78 is 5.69. The van der Waals surface area contributed by atoms with Crippen LogP contribution in [0.1, 0.15) is 66.7 Å². The van der Waals surface area contributed by atoms with Gasteiger partial charge in [0.25, 0.3) is 0 Å². The minimum atomic E-state index is -0.673. The van der Waals surface area contributed by atoms with Crippen molar-refractivity contribution in [2.75, 3.05) is 0 Å². The Labute approximate surface area is 156 Å². The van der Waals surface area contributed by atoms with Crippen molar-refractivity contribution in [2.45, 2.75) is 72.8 Å². The molecule has 26 heavy (non-hydrogen) atoms. The standard InChI is InChI=1S/C22H32O4/c1-13(2)16-11-15-7-8-19-21(4,9-6-10-22(19,5)20(24)25)17(15)12-18(16)26-14(3)23/h7,11,13,17-19H,6,8-10,12H2,1-5H3,(H,24,25)/t17-,18?,19+,21+,22+/m0/s1. The van der Waals surface area contributed by atoms with E-state index in [2.05, 4.69) is 32.9 Å². The smallest absolute Gasteiger partial charge is 0.309 e. The van der Waals surface area contributed by atoms with Gasteiger partial charge in [-0.05, 0) is 66.9 Å². The zero-order valence-electron chi connectivity index (χ0n) is 16.7. The molecule has 1 unspecified atom stereocenters. The van der Waals surface area contributed by atoms with Gasteiger partial charge in [0.1, 0.15) is 6.10 Å². The highest BCUT2D eigenvalue weighted by atomic mass is 16.5. The summed E-state index contributed by atoms with van der Waals surface area (Å²) >= 11 is 0. The highest BCUT2D eigenvalue weighted by Crippen LogP contribution is 2.62. The van der Waals surface area contributed by atoms with Gasteiger partial charge in [0.15, 0.2) is 0 Å². The van der Waals surface area contributed by atoms with Gasteiger partial charge in [-0.25, -0.2) is 0 Å². The average molecular weight is 360 g/mol. The third kappa shape index (κ3) is 2.91. The SMILES string of the molecule is CC(=O)OC1C[C@H]2C(=CC[C@@H]3[C@]2(C)CCC[C@@]3(C)C(=O)O)C=C1C(C)C. The fourth-order valence-corrected chi connectivity index (χ4v) is 5.95. The molecule has 0 aromatic heterocycles. The molecule has 4 nitrogen and oxygen atoms in total. The van der Waals surface area contributed by atoms with Gasteiger partial charge in [0, 0.05) is 6.92 Å². The summed E-state index contributed by atoms with van der Waals surface area (Å²) in [6.07, 6.45) is 8.64. The van der Waals surface area contributed by atoms with Gasteiger partial charge in [0.2, 0.25) is 0 Å². The Balaban J connectivity index is 2.03. The molecule has 1 N–H and O–H groups in total. The summed E-state index contributed by atoms with van der Waals surface area (Å²) in [5.41, 5.74) is 1.77. The van der Waals surface area contributed by atoms with Crippen LogP contribution in [0, 0.1) is 28.6 Å². The van der Waals surface area contributed by atoms with Crippen LogP contribution in [0.15, 0.2) is 23.3 Å². The number of rotatable bonds is 3. The highest BCUT2D eigenvalue weighted by molar-refractivity contribution is 5.75. The molecule has 0 spiro atoms. The molecule has 0 saturated heterocycles. The number of carboxylic acids is 1. The Morgan fingerprint density at radius 1 is 1.27 bits per heavy atom. The Morgan fingerprint density at radius 2 is 1.96 bits per heavy atom. The van der Waals surface area contributed by atoms with Gasteiger partial charge in [-0.15, -0.1) is 0 Å². The number of carbonyl (C=O) groups excluding carboxylic acids is 1. The number of aliphatic carboxylic acids is 1. The van der Waals surface area contributed by atoms with E-state index in [9.17, 15) is 14.7 Å². The number of fused-ring (bicyclic) bond motifs is 3. The second kappa shape index (κ2) is 6.54. The molecule has 3 rings (SSSR count). The van der Waals surface area contributed by atoms with Crippen molar-refractivity contribution in [3.63, 3.8) is 0 Å². The van der Waals surface area contributed by atoms with Crippen LogP contribution in [0.25, 0.3) is 0 Å². The molecule has 0 heterocycles. The lowest BCUT2D eigenvalue weighted by molar-refractivity contribution is -0.163. The van der Waals surface area contributed by atoms with Crippen molar-refractivity contribution >= 4 is 11.9 Å². The molecule has 0 radical (unpaired) electrons. The van der Waals surface area contributed by atoms with E-state index in [4.69, 9.17) is 4.74 Å². The average Bonchev–Trinajstić information content (AvgIpc) is 2.53. The molecule has 1 fully saturated rings. The number of ether oxygens (including phenoxy) is 1. The summed E-state index contributed by atoms with van der Waals surface area (Å²) in [7, 11) is 0. The van der Waals surface area contributed by atoms with Crippen molar-refractivity contribution in [1.29, 1.82) is 0 Å². The van der Waals surface area contributed by atoms with Crippen molar-refractivity contribution in [2.24, 2.45) is 28.6 Å². The topological polar surface area (TPSA) is 63.6 Å². The molecule has 0 aromatic rings. The van der Waals surface area contributed by atoms with Gasteiger partial charge < -0.3 is 9.84 Å². The van der Waals surface area contributed by atoms with Crippen LogP contribution in [0.4, 0.5) is 0 Å². The van der Waals surface area contributed by atoms with Crippen LogP contribution in [0.3, 0.4) is 0 Å². The predicted octanol–water partition coefficient (Wildman–Crippen LogP) is 4.75. The van der Waals surface area contributed by atoms with Gasteiger partial charge in [0.05, 0.1) is 5.41 Å². The first kappa shape index (κ1) is 19.2. The van der Waals surface area contributed by atoms with E-state index < -0.39 is 11.4 Å². The van der Waals surface area contributed by atoms with Crippen LogP contribution in [-0.4, -0.2) is 23.1 Å². The maximum atomic E-state index is 12.1. The summed E-state index contributed by atoms with van der Waals surface area (Å²) in [5.74, 6) is -0.210. The van der Waals surface area contributed by atoms with Crippen molar-refractivity contribution < 1.29 is 19.4 Å². The van der Waals surface area contributed by atoms with Gasteiger partial charge >= 0.3 is 11.9 Å². The first-order chi connectivity index (χ1) is 12.1. The number of carboxylic acid groups (broad SMARTS) is 1. The summed E-state index contributed by atoms with van der Waals surface area (Å²) in [5, 5.41) is 9.93. The normalized spacial score (nSPS) is 39.4. The van der Waals surface area contributed by atoms with Crippen LogP contribution >= 0.6 is 0 Å². The third-order valence-electron chi connectivity index (χ3n) is 7.38. The van der Waals surface area contributed by atoms with Gasteiger partial charge in [-0.1, -0.05) is 39.3 Å². The molecule has 0 aliphatic heterocycles. The predicted molar refractivity (Wildman–Crippen MR) is 100 cm³/mol. The fraction of sp³-hybridized carbons (Fsp3) is 0.727. The summed E-state index contributed by atoms with van der Waals surface area (Å²) in [6, 6.07) is 0. The van der Waals surface area contributed by atoms with Crippen molar-refractivity contribution in [3.05, 3.63) is 23.3 Å². The second-order valence-electron chi connectivity index (χ2n) is 9.26. The lowest BCUT2D eigenvalue weighted by Crippen LogP contribution is -2.54. The zero-order chi connectivity index (χ0) is 19.3. The Kier molecular flexibility index (Phi) is 4.83. The molecule has 3 aliphatic carbocycles.